The van der Waals surface area contributed by atoms with Crippen LogP contribution in [0.3, 0.4) is 0 Å². The van der Waals surface area contributed by atoms with Gasteiger partial charge in [0.15, 0.2) is 0 Å². The molecule has 1 aromatic carbocycles. The molecule has 2 aliphatic rings. The molecular weight excluding hydrogens is 392 g/mol. The smallest absolute Gasteiger partial charge is 0.270 e. The van der Waals surface area contributed by atoms with Crippen LogP contribution in [-0.4, -0.2) is 85.3 Å². The van der Waals surface area contributed by atoms with Crippen molar-refractivity contribution in [2.24, 2.45) is 5.41 Å². The first kappa shape index (κ1) is 19.9. The van der Waals surface area contributed by atoms with Crippen LogP contribution in [0, 0.1) is 5.41 Å². The number of benzene rings is 1. The van der Waals surface area contributed by atoms with E-state index < -0.39 is 21.5 Å². The maximum absolute atomic E-state index is 13.2. The van der Waals surface area contributed by atoms with Gasteiger partial charge in [0.2, 0.25) is 15.9 Å². The van der Waals surface area contributed by atoms with Crippen LogP contribution in [0.4, 0.5) is 0 Å². The van der Waals surface area contributed by atoms with E-state index in [1.54, 1.807) is 26.0 Å². The number of carbonyl (C=O) groups excluding carboxylic acids is 2. The van der Waals surface area contributed by atoms with E-state index in [2.05, 4.69) is 4.98 Å². The van der Waals surface area contributed by atoms with Gasteiger partial charge < -0.3 is 14.8 Å². The number of para-hydroxylation sites is 1. The maximum Gasteiger partial charge on any atom is 0.270 e. The van der Waals surface area contributed by atoms with Gasteiger partial charge in [0.1, 0.15) is 5.69 Å². The summed E-state index contributed by atoms with van der Waals surface area (Å²) in [6.45, 7) is 0.615. The molecule has 0 bridgehead atoms. The van der Waals surface area contributed by atoms with Crippen molar-refractivity contribution in [3.05, 3.63) is 36.0 Å². The minimum Gasteiger partial charge on any atom is -0.351 e. The average molecular weight is 419 g/mol. The molecule has 1 aromatic heterocycles. The number of fused-ring (bicyclic) bond motifs is 2. The van der Waals surface area contributed by atoms with Gasteiger partial charge in [-0.25, -0.2) is 12.7 Å². The van der Waals surface area contributed by atoms with E-state index >= 15 is 0 Å². The second-order valence-electron chi connectivity index (χ2n) is 8.24. The second-order valence-corrected chi connectivity index (χ2v) is 10.4. The topological polar surface area (TPSA) is 93.8 Å². The zero-order chi connectivity index (χ0) is 21.0. The number of likely N-dealkylation sites (tertiary alicyclic amines) is 1. The van der Waals surface area contributed by atoms with Crippen LogP contribution in [0.2, 0.25) is 0 Å². The second kappa shape index (κ2) is 6.84. The van der Waals surface area contributed by atoms with Gasteiger partial charge in [-0.1, -0.05) is 18.2 Å². The third-order valence-electron chi connectivity index (χ3n) is 6.35. The molecule has 2 aromatic rings. The third-order valence-corrected chi connectivity index (χ3v) is 8.20. The van der Waals surface area contributed by atoms with Crippen molar-refractivity contribution < 1.29 is 18.0 Å². The van der Waals surface area contributed by atoms with E-state index in [1.165, 1.54) is 9.21 Å². The molecule has 2 saturated heterocycles. The fourth-order valence-corrected chi connectivity index (χ4v) is 6.40. The van der Waals surface area contributed by atoms with Gasteiger partial charge in [-0.3, -0.25) is 9.59 Å². The van der Waals surface area contributed by atoms with Crippen LogP contribution in [0.1, 0.15) is 23.3 Å². The van der Waals surface area contributed by atoms with Crippen molar-refractivity contribution in [3.8, 4) is 0 Å². The minimum absolute atomic E-state index is 0.0893. The van der Waals surface area contributed by atoms with E-state index in [1.807, 2.05) is 30.3 Å². The monoisotopic (exact) mass is 418 g/mol. The zero-order valence-corrected chi connectivity index (χ0v) is 17.7. The number of rotatable bonds is 2. The Morgan fingerprint density at radius 1 is 1.24 bits per heavy atom. The fourth-order valence-electron chi connectivity index (χ4n) is 4.80. The quantitative estimate of drug-likeness (QED) is 0.791. The minimum atomic E-state index is -3.38. The first-order chi connectivity index (χ1) is 13.7. The highest BCUT2D eigenvalue weighted by molar-refractivity contribution is 7.89. The molecule has 156 valence electrons. The highest BCUT2D eigenvalue weighted by Gasteiger charge is 2.57. The van der Waals surface area contributed by atoms with Crippen molar-refractivity contribution >= 4 is 32.7 Å². The SMILES string of the molecule is CN(C)C(=O)[C@]12CCS(=O)(=O)N(C)[C@@H]1CCN(C(=O)c1cc3ccccc3[nH]1)C2. The van der Waals surface area contributed by atoms with E-state index in [0.29, 0.717) is 18.7 Å². The molecule has 1 N–H and O–H groups in total. The van der Waals surface area contributed by atoms with Crippen LogP contribution in [0.5, 0.6) is 0 Å². The summed E-state index contributed by atoms with van der Waals surface area (Å²) < 4.78 is 26.2. The summed E-state index contributed by atoms with van der Waals surface area (Å²) in [6.07, 6.45) is 0.652. The first-order valence-corrected chi connectivity index (χ1v) is 11.3. The molecule has 2 amide bonds. The number of aromatic amines is 1. The molecule has 2 atom stereocenters. The molecular formula is C20H26N4O4S. The van der Waals surface area contributed by atoms with Crippen molar-refractivity contribution in [1.82, 2.24) is 19.1 Å². The highest BCUT2D eigenvalue weighted by Crippen LogP contribution is 2.43. The lowest BCUT2D eigenvalue weighted by Crippen LogP contribution is -2.67. The van der Waals surface area contributed by atoms with Crippen LogP contribution < -0.4 is 0 Å². The number of H-pyrrole nitrogens is 1. The molecule has 4 rings (SSSR count). The van der Waals surface area contributed by atoms with Gasteiger partial charge in [-0.15, -0.1) is 0 Å². The Balaban J connectivity index is 1.68. The summed E-state index contributed by atoms with van der Waals surface area (Å²) >= 11 is 0. The average Bonchev–Trinajstić information content (AvgIpc) is 3.14. The number of piperidine rings is 1. The maximum atomic E-state index is 13.2. The van der Waals surface area contributed by atoms with Crippen LogP contribution in [-0.2, 0) is 14.8 Å². The van der Waals surface area contributed by atoms with Crippen molar-refractivity contribution in [2.75, 3.05) is 40.0 Å². The molecule has 9 heteroatoms. The Bertz CT molecular complexity index is 1040. The Labute approximate surface area is 170 Å². The molecule has 0 radical (unpaired) electrons. The summed E-state index contributed by atoms with van der Waals surface area (Å²) in [7, 11) is 1.52. The molecule has 2 fully saturated rings. The van der Waals surface area contributed by atoms with Gasteiger partial charge in [-0.05, 0) is 25.0 Å². The van der Waals surface area contributed by atoms with Gasteiger partial charge >= 0.3 is 0 Å². The number of sulfonamides is 1. The number of aromatic nitrogens is 1. The van der Waals surface area contributed by atoms with E-state index in [0.717, 1.165) is 10.9 Å². The Morgan fingerprint density at radius 2 is 1.97 bits per heavy atom. The number of hydrogen-bond acceptors (Lipinski definition) is 4. The standard InChI is InChI=1S/C20H26N4O4S/c1-22(2)19(26)20-9-11-29(27,28)23(3)17(20)8-10-24(13-20)18(25)16-12-14-6-4-5-7-15(14)21-16/h4-7,12,17,21H,8-11,13H2,1-3H3/t17-,20+/m1/s1. The Morgan fingerprint density at radius 3 is 2.66 bits per heavy atom. The first-order valence-electron chi connectivity index (χ1n) is 9.70. The lowest BCUT2D eigenvalue weighted by Gasteiger charge is -2.53. The summed E-state index contributed by atoms with van der Waals surface area (Å²) in [5.41, 5.74) is 0.436. The van der Waals surface area contributed by atoms with Gasteiger partial charge in [0.25, 0.3) is 5.91 Å². The molecule has 3 heterocycles. The predicted molar refractivity (Wildman–Crippen MR) is 110 cm³/mol. The normalized spacial score (nSPS) is 26.9. The summed E-state index contributed by atoms with van der Waals surface area (Å²) in [5, 5.41) is 0.952. The number of amides is 2. The number of nitrogens with one attached hydrogen (secondary N) is 1. The third kappa shape index (κ3) is 3.12. The van der Waals surface area contributed by atoms with Crippen LogP contribution in [0.25, 0.3) is 10.9 Å². The summed E-state index contributed by atoms with van der Waals surface area (Å²) in [6, 6.07) is 9.05. The molecule has 2 aliphatic heterocycles. The molecule has 0 saturated carbocycles. The van der Waals surface area contributed by atoms with Crippen LogP contribution in [0.15, 0.2) is 30.3 Å². The Hall–Kier alpha value is -2.39. The Kier molecular flexibility index (Phi) is 4.70. The number of hydrogen-bond donors (Lipinski definition) is 1. The van der Waals surface area contributed by atoms with E-state index in [4.69, 9.17) is 0 Å². The summed E-state index contributed by atoms with van der Waals surface area (Å²) in [4.78, 5) is 32.8. The van der Waals surface area contributed by atoms with Gasteiger partial charge in [-0.2, -0.15) is 0 Å². The number of carbonyl (C=O) groups is 2. The van der Waals surface area contributed by atoms with Crippen molar-refractivity contribution in [2.45, 2.75) is 18.9 Å². The molecule has 0 spiro atoms. The van der Waals surface area contributed by atoms with Gasteiger partial charge in [0.05, 0.1) is 11.2 Å². The van der Waals surface area contributed by atoms with Crippen LogP contribution >= 0.6 is 0 Å². The lowest BCUT2D eigenvalue weighted by atomic mass is 9.72. The van der Waals surface area contributed by atoms with Gasteiger partial charge in [0, 0.05) is 51.2 Å². The zero-order valence-electron chi connectivity index (χ0n) is 16.9. The molecule has 0 aliphatic carbocycles. The molecule has 8 nitrogen and oxygen atoms in total. The van der Waals surface area contributed by atoms with Crippen molar-refractivity contribution in [3.63, 3.8) is 0 Å². The lowest BCUT2D eigenvalue weighted by molar-refractivity contribution is -0.147. The van der Waals surface area contributed by atoms with E-state index in [-0.39, 0.29) is 30.5 Å². The van der Waals surface area contributed by atoms with E-state index in [9.17, 15) is 18.0 Å². The largest absolute Gasteiger partial charge is 0.351 e. The number of nitrogens with zero attached hydrogens (tertiary/aromatic N) is 3. The summed E-state index contributed by atoms with van der Waals surface area (Å²) in [5.74, 6) is -0.381. The molecule has 29 heavy (non-hydrogen) atoms. The predicted octanol–water partition coefficient (Wildman–Crippen LogP) is 1.12. The highest BCUT2D eigenvalue weighted by atomic mass is 32.2. The van der Waals surface area contributed by atoms with Crippen molar-refractivity contribution in [1.29, 1.82) is 0 Å². The fraction of sp³-hybridized carbons (Fsp3) is 0.500. The molecule has 0 unspecified atom stereocenters.